The van der Waals surface area contributed by atoms with Gasteiger partial charge in [-0.1, -0.05) is 30.3 Å². The maximum absolute atomic E-state index is 13.3. The average Bonchev–Trinajstić information content (AvgIpc) is 3.08. The van der Waals surface area contributed by atoms with E-state index in [1.807, 2.05) is 30.3 Å². The Morgan fingerprint density at radius 3 is 2.72 bits per heavy atom. The van der Waals surface area contributed by atoms with Crippen LogP contribution in [-0.4, -0.2) is 29.9 Å². The zero-order valence-electron chi connectivity index (χ0n) is 14.4. The minimum atomic E-state index is -0.584. The van der Waals surface area contributed by atoms with Crippen molar-refractivity contribution < 1.29 is 4.79 Å². The van der Waals surface area contributed by atoms with Crippen molar-refractivity contribution in [3.05, 3.63) is 58.3 Å². The molecule has 1 saturated heterocycles. The van der Waals surface area contributed by atoms with Crippen molar-refractivity contribution in [2.45, 2.75) is 37.9 Å². The fraction of sp³-hybridized carbons (Fsp3) is 0.450. The summed E-state index contributed by atoms with van der Waals surface area (Å²) in [5.41, 5.74) is 8.76. The molecule has 3 N–H and O–H groups in total. The van der Waals surface area contributed by atoms with Crippen LogP contribution in [0, 0.1) is 5.41 Å². The Morgan fingerprint density at radius 1 is 1.28 bits per heavy atom. The number of rotatable bonds is 5. The Bertz CT molecular complexity index is 710. The van der Waals surface area contributed by atoms with Crippen LogP contribution in [0.15, 0.2) is 47.2 Å². The van der Waals surface area contributed by atoms with E-state index in [1.165, 1.54) is 5.56 Å². The third kappa shape index (κ3) is 3.36. The molecule has 0 unspecified atom stereocenters. The van der Waals surface area contributed by atoms with Gasteiger partial charge in [0.05, 0.1) is 0 Å². The lowest BCUT2D eigenvalue weighted by atomic mass is 9.93. The zero-order valence-corrected chi connectivity index (χ0v) is 15.2. The molecule has 5 heteroatoms. The van der Waals surface area contributed by atoms with Gasteiger partial charge in [0.1, 0.15) is 6.04 Å². The highest BCUT2D eigenvalue weighted by atomic mass is 32.1. The van der Waals surface area contributed by atoms with E-state index < -0.39 is 6.04 Å². The first-order chi connectivity index (χ1) is 12.2. The lowest BCUT2D eigenvalue weighted by Gasteiger charge is -2.31. The largest absolute Gasteiger partial charge is 0.333 e. The number of benzene rings is 1. The fourth-order valence-electron chi connectivity index (χ4n) is 4.13. The fourth-order valence-corrected chi connectivity index (χ4v) is 4.79. The molecule has 25 heavy (non-hydrogen) atoms. The van der Waals surface area contributed by atoms with Crippen molar-refractivity contribution in [2.24, 2.45) is 11.1 Å². The Morgan fingerprint density at radius 2 is 2.04 bits per heavy atom. The molecule has 4 nitrogen and oxygen atoms in total. The van der Waals surface area contributed by atoms with E-state index >= 15 is 0 Å². The summed E-state index contributed by atoms with van der Waals surface area (Å²) in [5, 5.41) is 7.64. The van der Waals surface area contributed by atoms with E-state index in [9.17, 15) is 4.79 Å². The summed E-state index contributed by atoms with van der Waals surface area (Å²) in [5.74, 6) is 0.0535. The van der Waals surface area contributed by atoms with Gasteiger partial charge in [-0.15, -0.1) is 0 Å². The second-order valence-electron chi connectivity index (χ2n) is 7.32. The molecule has 1 aliphatic carbocycles. The summed E-state index contributed by atoms with van der Waals surface area (Å²) >= 11 is 1.68. The van der Waals surface area contributed by atoms with E-state index in [2.05, 4.69) is 27.0 Å². The lowest BCUT2D eigenvalue weighted by molar-refractivity contribution is -0.134. The molecule has 4 rings (SSSR count). The van der Waals surface area contributed by atoms with Crippen LogP contribution >= 0.6 is 11.3 Å². The molecule has 1 aromatic heterocycles. The molecule has 2 fully saturated rings. The van der Waals surface area contributed by atoms with Gasteiger partial charge >= 0.3 is 0 Å². The summed E-state index contributed by atoms with van der Waals surface area (Å²) in [6, 6.07) is 11.6. The molecule has 1 aliphatic heterocycles. The van der Waals surface area contributed by atoms with Crippen LogP contribution in [0.4, 0.5) is 0 Å². The molecule has 1 amide bonds. The van der Waals surface area contributed by atoms with Crippen LogP contribution < -0.4 is 11.1 Å². The highest BCUT2D eigenvalue weighted by Gasteiger charge is 2.58. The van der Waals surface area contributed by atoms with Gasteiger partial charge in [0.15, 0.2) is 0 Å². The third-order valence-electron chi connectivity index (χ3n) is 5.76. The molecule has 2 atom stereocenters. The van der Waals surface area contributed by atoms with Crippen LogP contribution in [0.3, 0.4) is 0 Å². The third-order valence-corrected chi connectivity index (χ3v) is 6.50. The standard InChI is InChI=1S/C20H25N3OS/c21-18(16-4-2-1-3-5-16)19(24)23(13-15-6-11-25-14-15)17-12-20(17)7-9-22-10-8-20/h1-6,11,14,17-18,22H,7-10,12-13,21H2/t17-,18+/m0/s1. The summed E-state index contributed by atoms with van der Waals surface area (Å²) in [6.07, 6.45) is 3.43. The molecular formula is C20H25N3OS. The number of nitrogens with zero attached hydrogens (tertiary/aromatic N) is 1. The summed E-state index contributed by atoms with van der Waals surface area (Å²) in [7, 11) is 0. The number of nitrogens with one attached hydrogen (secondary N) is 1. The predicted molar refractivity (Wildman–Crippen MR) is 101 cm³/mol. The monoisotopic (exact) mass is 355 g/mol. The number of piperidine rings is 1. The molecule has 2 heterocycles. The van der Waals surface area contributed by atoms with Crippen LogP contribution in [0.25, 0.3) is 0 Å². The van der Waals surface area contributed by atoms with E-state index in [4.69, 9.17) is 5.73 Å². The average molecular weight is 356 g/mol. The summed E-state index contributed by atoms with van der Waals surface area (Å²) in [6.45, 7) is 2.78. The normalized spacial score (nSPS) is 22.5. The van der Waals surface area contributed by atoms with Gasteiger partial charge in [0.25, 0.3) is 0 Å². The number of amides is 1. The first-order valence-electron chi connectivity index (χ1n) is 9.02. The van der Waals surface area contributed by atoms with Crippen molar-refractivity contribution >= 4 is 17.2 Å². The Hall–Kier alpha value is -1.69. The van der Waals surface area contributed by atoms with Crippen LogP contribution in [0.2, 0.25) is 0 Å². The van der Waals surface area contributed by atoms with E-state index in [-0.39, 0.29) is 5.91 Å². The highest BCUT2D eigenvalue weighted by Crippen LogP contribution is 2.56. The molecule has 0 radical (unpaired) electrons. The predicted octanol–water partition coefficient (Wildman–Crippen LogP) is 2.92. The van der Waals surface area contributed by atoms with Gasteiger partial charge in [-0.3, -0.25) is 4.79 Å². The molecule has 0 bridgehead atoms. The van der Waals surface area contributed by atoms with Gasteiger partial charge in [-0.2, -0.15) is 11.3 Å². The number of nitrogens with two attached hydrogens (primary N) is 1. The Labute approximate surface area is 153 Å². The van der Waals surface area contributed by atoms with Crippen molar-refractivity contribution in [3.8, 4) is 0 Å². The number of carbonyl (C=O) groups excluding carboxylic acids is 1. The number of hydrogen-bond donors (Lipinski definition) is 2. The lowest BCUT2D eigenvalue weighted by Crippen LogP contribution is -2.43. The molecule has 2 aromatic rings. The van der Waals surface area contributed by atoms with Gasteiger partial charge in [0, 0.05) is 12.6 Å². The molecule has 1 spiro atoms. The minimum Gasteiger partial charge on any atom is -0.333 e. The Kier molecular flexibility index (Phi) is 4.63. The number of carbonyl (C=O) groups is 1. The quantitative estimate of drug-likeness (QED) is 0.867. The van der Waals surface area contributed by atoms with Crippen molar-refractivity contribution in [1.82, 2.24) is 10.2 Å². The first kappa shape index (κ1) is 16.8. The summed E-state index contributed by atoms with van der Waals surface area (Å²) < 4.78 is 0. The van der Waals surface area contributed by atoms with Gasteiger partial charge in [-0.05, 0) is 65.7 Å². The topological polar surface area (TPSA) is 58.4 Å². The van der Waals surface area contributed by atoms with Gasteiger partial charge in [0.2, 0.25) is 5.91 Å². The van der Waals surface area contributed by atoms with E-state index in [0.29, 0.717) is 18.0 Å². The smallest absolute Gasteiger partial charge is 0.244 e. The molecule has 1 aromatic carbocycles. The van der Waals surface area contributed by atoms with Crippen molar-refractivity contribution in [1.29, 1.82) is 0 Å². The number of thiophene rings is 1. The minimum absolute atomic E-state index is 0.0535. The highest BCUT2D eigenvalue weighted by molar-refractivity contribution is 7.07. The van der Waals surface area contributed by atoms with Gasteiger partial charge < -0.3 is 16.0 Å². The van der Waals surface area contributed by atoms with Crippen molar-refractivity contribution in [2.75, 3.05) is 13.1 Å². The molecule has 1 saturated carbocycles. The second-order valence-corrected chi connectivity index (χ2v) is 8.10. The van der Waals surface area contributed by atoms with Crippen LogP contribution in [0.5, 0.6) is 0 Å². The maximum Gasteiger partial charge on any atom is 0.244 e. The second kappa shape index (κ2) is 6.90. The van der Waals surface area contributed by atoms with E-state index in [1.54, 1.807) is 11.3 Å². The molecule has 132 valence electrons. The van der Waals surface area contributed by atoms with Crippen molar-refractivity contribution in [3.63, 3.8) is 0 Å². The molecule has 2 aliphatic rings. The first-order valence-corrected chi connectivity index (χ1v) is 9.97. The Balaban J connectivity index is 1.56. The van der Waals surface area contributed by atoms with Gasteiger partial charge in [-0.25, -0.2) is 0 Å². The van der Waals surface area contributed by atoms with E-state index in [0.717, 1.165) is 37.9 Å². The van der Waals surface area contributed by atoms with Crippen LogP contribution in [0.1, 0.15) is 36.4 Å². The number of hydrogen-bond acceptors (Lipinski definition) is 4. The van der Waals surface area contributed by atoms with Crippen LogP contribution in [-0.2, 0) is 11.3 Å². The SMILES string of the molecule is N[C@@H](C(=O)N(Cc1ccsc1)[C@H]1CC12CCNCC2)c1ccccc1. The zero-order chi connectivity index (χ0) is 17.3. The summed E-state index contributed by atoms with van der Waals surface area (Å²) in [4.78, 5) is 15.3. The maximum atomic E-state index is 13.3. The molecular weight excluding hydrogens is 330 g/mol.